The van der Waals surface area contributed by atoms with Crippen molar-refractivity contribution in [2.75, 3.05) is 32.1 Å². The van der Waals surface area contributed by atoms with Gasteiger partial charge in [0, 0.05) is 44.5 Å². The van der Waals surface area contributed by atoms with Gasteiger partial charge in [0.05, 0.1) is 10.6 Å². The lowest BCUT2D eigenvalue weighted by Gasteiger charge is -2.32. The van der Waals surface area contributed by atoms with Crippen LogP contribution in [0.1, 0.15) is 56.1 Å². The standard InChI is InChI=1S/C23H30N4O5S/c28-22(9-14-33(29,30)18-7-8-19-20(15-18)32-13-12-31-19)26-10-4-5-17(16-26)23-25-24-21-6-2-1-3-11-27(21)23/h7-8,15,17H,1-6,9-14,16H2/t17-/m0/s1. The van der Waals surface area contributed by atoms with E-state index in [1.54, 1.807) is 11.0 Å². The predicted molar refractivity (Wildman–Crippen MR) is 120 cm³/mol. The van der Waals surface area contributed by atoms with Gasteiger partial charge in [0.2, 0.25) is 5.91 Å². The molecule has 1 atom stereocenters. The minimum absolute atomic E-state index is 0.0402. The molecule has 1 aromatic carbocycles. The van der Waals surface area contributed by atoms with Crippen LogP contribution >= 0.6 is 0 Å². The van der Waals surface area contributed by atoms with Crippen LogP contribution in [0, 0.1) is 0 Å². The molecule has 178 valence electrons. The molecule has 33 heavy (non-hydrogen) atoms. The van der Waals surface area contributed by atoms with Gasteiger partial charge in [-0.2, -0.15) is 0 Å². The Bertz CT molecular complexity index is 1130. The number of amides is 1. The minimum Gasteiger partial charge on any atom is -0.486 e. The second kappa shape index (κ2) is 9.32. The van der Waals surface area contributed by atoms with Gasteiger partial charge < -0.3 is 18.9 Å². The highest BCUT2D eigenvalue weighted by Gasteiger charge is 2.30. The molecule has 10 heteroatoms. The molecular formula is C23H30N4O5S. The zero-order valence-electron chi connectivity index (χ0n) is 18.7. The van der Waals surface area contributed by atoms with Gasteiger partial charge >= 0.3 is 0 Å². The van der Waals surface area contributed by atoms with E-state index in [1.165, 1.54) is 18.6 Å². The summed E-state index contributed by atoms with van der Waals surface area (Å²) >= 11 is 0. The number of hydrogen-bond donors (Lipinski definition) is 0. The number of fused-ring (bicyclic) bond motifs is 2. The third-order valence-electron chi connectivity index (χ3n) is 6.73. The van der Waals surface area contributed by atoms with E-state index in [0.29, 0.717) is 37.8 Å². The van der Waals surface area contributed by atoms with E-state index in [0.717, 1.165) is 50.3 Å². The van der Waals surface area contributed by atoms with Crippen molar-refractivity contribution in [3.8, 4) is 11.5 Å². The topological polar surface area (TPSA) is 104 Å². The van der Waals surface area contributed by atoms with Crippen LogP contribution in [0.2, 0.25) is 0 Å². The highest BCUT2D eigenvalue weighted by Crippen LogP contribution is 2.33. The number of rotatable bonds is 5. The van der Waals surface area contributed by atoms with Gasteiger partial charge in [-0.3, -0.25) is 4.79 Å². The summed E-state index contributed by atoms with van der Waals surface area (Å²) in [7, 11) is -3.61. The number of sulfone groups is 1. The van der Waals surface area contributed by atoms with Crippen LogP contribution in [0.25, 0.3) is 0 Å². The number of carbonyl (C=O) groups excluding carboxylic acids is 1. The van der Waals surface area contributed by atoms with Crippen LogP contribution in [-0.4, -0.2) is 66.0 Å². The summed E-state index contributed by atoms with van der Waals surface area (Å²) in [6.07, 6.45) is 6.25. The van der Waals surface area contributed by atoms with Crippen LogP contribution in [0.4, 0.5) is 0 Å². The summed E-state index contributed by atoms with van der Waals surface area (Å²) in [5.74, 6) is 2.80. The number of carbonyl (C=O) groups is 1. The van der Waals surface area contributed by atoms with Crippen LogP contribution < -0.4 is 9.47 Å². The largest absolute Gasteiger partial charge is 0.486 e. The molecule has 1 fully saturated rings. The van der Waals surface area contributed by atoms with Crippen molar-refractivity contribution in [1.82, 2.24) is 19.7 Å². The summed E-state index contributed by atoms with van der Waals surface area (Å²) in [5.41, 5.74) is 0. The van der Waals surface area contributed by atoms with Crippen molar-refractivity contribution in [2.45, 2.75) is 62.3 Å². The van der Waals surface area contributed by atoms with E-state index >= 15 is 0 Å². The number of aryl methyl sites for hydroxylation is 1. The van der Waals surface area contributed by atoms with Crippen molar-refractivity contribution >= 4 is 15.7 Å². The molecule has 1 saturated heterocycles. The second-order valence-corrected chi connectivity index (χ2v) is 11.1. The Morgan fingerprint density at radius 2 is 1.88 bits per heavy atom. The van der Waals surface area contributed by atoms with Crippen LogP contribution in [0.5, 0.6) is 11.5 Å². The molecule has 0 bridgehead atoms. The second-order valence-electron chi connectivity index (χ2n) is 8.99. The Balaban J connectivity index is 1.22. The monoisotopic (exact) mass is 474 g/mol. The number of nitrogens with zero attached hydrogens (tertiary/aromatic N) is 4. The fraction of sp³-hybridized carbons (Fsp3) is 0.609. The number of ether oxygens (including phenoxy) is 2. The molecule has 3 aliphatic rings. The first kappa shape index (κ1) is 22.2. The zero-order chi connectivity index (χ0) is 22.8. The predicted octanol–water partition coefficient (Wildman–Crippen LogP) is 2.35. The molecule has 2 aromatic rings. The van der Waals surface area contributed by atoms with E-state index in [2.05, 4.69) is 14.8 Å². The molecule has 0 aliphatic carbocycles. The van der Waals surface area contributed by atoms with Gasteiger partial charge in [-0.15, -0.1) is 10.2 Å². The number of aromatic nitrogens is 3. The fourth-order valence-corrected chi connectivity index (χ4v) is 6.18. The highest BCUT2D eigenvalue weighted by atomic mass is 32.2. The van der Waals surface area contributed by atoms with Gasteiger partial charge in [-0.05, 0) is 37.8 Å². The molecule has 0 saturated carbocycles. The summed E-state index contributed by atoms with van der Waals surface area (Å²) < 4.78 is 38.9. The summed E-state index contributed by atoms with van der Waals surface area (Å²) in [5, 5.41) is 8.88. The smallest absolute Gasteiger partial charge is 0.223 e. The van der Waals surface area contributed by atoms with Gasteiger partial charge in [-0.1, -0.05) is 6.42 Å². The van der Waals surface area contributed by atoms with Crippen molar-refractivity contribution in [3.05, 3.63) is 29.8 Å². The number of likely N-dealkylation sites (tertiary alicyclic amines) is 1. The van der Waals surface area contributed by atoms with Crippen LogP contribution in [0.3, 0.4) is 0 Å². The lowest BCUT2D eigenvalue weighted by atomic mass is 9.96. The maximum absolute atomic E-state index is 12.9. The molecule has 0 unspecified atom stereocenters. The van der Waals surface area contributed by atoms with Crippen molar-refractivity contribution in [2.24, 2.45) is 0 Å². The van der Waals surface area contributed by atoms with Gasteiger partial charge in [-0.25, -0.2) is 8.42 Å². The Morgan fingerprint density at radius 3 is 2.76 bits per heavy atom. The first-order valence-electron chi connectivity index (χ1n) is 11.8. The molecule has 0 N–H and O–H groups in total. The van der Waals surface area contributed by atoms with E-state index in [1.807, 2.05) is 0 Å². The van der Waals surface area contributed by atoms with Gasteiger partial charge in [0.25, 0.3) is 0 Å². The molecule has 9 nitrogen and oxygen atoms in total. The number of benzene rings is 1. The summed E-state index contributed by atoms with van der Waals surface area (Å²) in [4.78, 5) is 14.9. The molecule has 5 rings (SSSR count). The average molecular weight is 475 g/mol. The number of hydrogen-bond acceptors (Lipinski definition) is 7. The van der Waals surface area contributed by atoms with Crippen LogP contribution in [0.15, 0.2) is 23.1 Å². The molecule has 1 aromatic heterocycles. The molecule has 4 heterocycles. The lowest BCUT2D eigenvalue weighted by Crippen LogP contribution is -2.40. The van der Waals surface area contributed by atoms with Crippen molar-refractivity contribution in [1.29, 1.82) is 0 Å². The van der Waals surface area contributed by atoms with E-state index in [-0.39, 0.29) is 28.9 Å². The summed E-state index contributed by atoms with van der Waals surface area (Å²) in [6, 6.07) is 4.61. The Morgan fingerprint density at radius 1 is 1.03 bits per heavy atom. The molecule has 0 radical (unpaired) electrons. The van der Waals surface area contributed by atoms with Gasteiger partial charge in [0.1, 0.15) is 24.9 Å². The quantitative estimate of drug-likeness (QED) is 0.655. The summed E-state index contributed by atoms with van der Waals surface area (Å²) in [6.45, 7) is 3.00. The third kappa shape index (κ3) is 4.71. The molecular weight excluding hydrogens is 444 g/mol. The Kier molecular flexibility index (Phi) is 6.27. The zero-order valence-corrected chi connectivity index (χ0v) is 19.6. The normalized spacial score (nSPS) is 20.7. The molecule has 3 aliphatic heterocycles. The van der Waals surface area contributed by atoms with E-state index in [4.69, 9.17) is 9.47 Å². The fourth-order valence-electron chi connectivity index (χ4n) is 4.94. The first-order chi connectivity index (χ1) is 16.0. The third-order valence-corrected chi connectivity index (χ3v) is 8.45. The van der Waals surface area contributed by atoms with Crippen LogP contribution in [-0.2, 0) is 27.6 Å². The van der Waals surface area contributed by atoms with E-state index in [9.17, 15) is 13.2 Å². The minimum atomic E-state index is -3.61. The Labute approximate surface area is 194 Å². The maximum Gasteiger partial charge on any atom is 0.223 e. The van der Waals surface area contributed by atoms with Gasteiger partial charge in [0.15, 0.2) is 21.3 Å². The highest BCUT2D eigenvalue weighted by molar-refractivity contribution is 7.91. The van der Waals surface area contributed by atoms with E-state index < -0.39 is 9.84 Å². The van der Waals surface area contributed by atoms with Crippen molar-refractivity contribution in [3.63, 3.8) is 0 Å². The SMILES string of the molecule is O=C(CCS(=O)(=O)c1ccc2c(c1)OCCO2)N1CCC[C@H](c2nnc3n2CCCCC3)C1. The molecule has 1 amide bonds. The number of piperidine rings is 1. The lowest BCUT2D eigenvalue weighted by molar-refractivity contribution is -0.132. The maximum atomic E-state index is 12.9. The Hall–Kier alpha value is -2.62. The first-order valence-corrected chi connectivity index (χ1v) is 13.5. The average Bonchev–Trinajstić information content (AvgIpc) is 3.10. The molecule has 0 spiro atoms. The van der Waals surface area contributed by atoms with Crippen molar-refractivity contribution < 1.29 is 22.7 Å².